The van der Waals surface area contributed by atoms with Crippen LogP contribution in [0.25, 0.3) is 11.1 Å². The lowest BCUT2D eigenvalue weighted by atomic mass is 9.95. The third-order valence-corrected chi connectivity index (χ3v) is 11.6. The second kappa shape index (κ2) is 25.5. The molecule has 0 aliphatic carbocycles. The molecule has 0 aromatic heterocycles. The van der Waals surface area contributed by atoms with Crippen LogP contribution < -0.4 is 30.6 Å². The topological polar surface area (TPSA) is 141 Å². The minimum atomic E-state index is -2.40. The summed E-state index contributed by atoms with van der Waals surface area (Å²) >= 11 is 0. The molecule has 0 bridgehead atoms. The van der Waals surface area contributed by atoms with Gasteiger partial charge in [0, 0.05) is 19.9 Å². The lowest BCUT2D eigenvalue weighted by Gasteiger charge is -2.29. The molecule has 11 nitrogen and oxygen atoms in total. The van der Waals surface area contributed by atoms with E-state index in [1.54, 1.807) is 30.3 Å². The van der Waals surface area contributed by atoms with Gasteiger partial charge in [-0.05, 0) is 96.7 Å². The second-order valence-electron chi connectivity index (χ2n) is 16.5. The number of nitrogens with two attached hydrogens (primary N) is 1. The van der Waals surface area contributed by atoms with Crippen molar-refractivity contribution < 1.29 is 55.3 Å². The SMILES string of the molecule is CNCCCC[C@H](N)C(=O)N(C)[C@@H](Cc1cc(-c2ccc(OCc3ccccc3)c(C[C@H](NC)C(=O)Oc3c(F)c(F)c(F)c(F)c3F)c2)ccc1OCc1ccccc1)C(=O)OCc1ccccc1. The normalized spacial score (nSPS) is 12.4. The van der Waals surface area contributed by atoms with Gasteiger partial charge in [-0.2, -0.15) is 8.78 Å². The fraction of sp³-hybridized carbons (Fsp3) is 0.278. The molecule has 0 aliphatic rings. The molecule has 70 heavy (non-hydrogen) atoms. The highest BCUT2D eigenvalue weighted by Crippen LogP contribution is 2.34. The Kier molecular flexibility index (Phi) is 19.0. The number of esters is 2. The van der Waals surface area contributed by atoms with Crippen molar-refractivity contribution in [1.29, 1.82) is 0 Å². The number of halogens is 5. The Morgan fingerprint density at radius 3 is 1.56 bits per heavy atom. The summed E-state index contributed by atoms with van der Waals surface area (Å²) in [5, 5.41) is 5.79. The van der Waals surface area contributed by atoms with E-state index in [2.05, 4.69) is 10.6 Å². The van der Waals surface area contributed by atoms with Gasteiger partial charge in [-0.25, -0.2) is 22.8 Å². The average molecular weight is 967 g/mol. The van der Waals surface area contributed by atoms with Crippen molar-refractivity contribution in [2.24, 2.45) is 5.73 Å². The van der Waals surface area contributed by atoms with Gasteiger partial charge in [0.05, 0.1) is 6.04 Å². The summed E-state index contributed by atoms with van der Waals surface area (Å²) in [5.74, 6) is -15.0. The molecule has 0 aliphatic heterocycles. The van der Waals surface area contributed by atoms with Gasteiger partial charge >= 0.3 is 11.9 Å². The number of likely N-dealkylation sites (N-methyl/N-ethyl adjacent to an activating group) is 2. The van der Waals surface area contributed by atoms with Crippen molar-refractivity contribution in [2.45, 2.75) is 70.1 Å². The highest BCUT2D eigenvalue weighted by atomic mass is 19.2. The molecule has 6 aromatic carbocycles. The van der Waals surface area contributed by atoms with Gasteiger partial charge in [-0.15, -0.1) is 0 Å². The summed E-state index contributed by atoms with van der Waals surface area (Å²) in [5.41, 5.74) is 11.0. The molecule has 0 spiro atoms. The van der Waals surface area contributed by atoms with Crippen LogP contribution >= 0.6 is 0 Å². The smallest absolute Gasteiger partial charge is 0.329 e. The van der Waals surface area contributed by atoms with Crippen LogP contribution in [-0.2, 0) is 51.8 Å². The number of unbranched alkanes of at least 4 members (excludes halogenated alkanes) is 1. The Morgan fingerprint density at radius 2 is 1.07 bits per heavy atom. The summed E-state index contributed by atoms with van der Waals surface area (Å²) in [7, 11) is 4.72. The van der Waals surface area contributed by atoms with Gasteiger partial charge in [0.2, 0.25) is 40.7 Å². The number of amides is 1. The first kappa shape index (κ1) is 52.2. The van der Waals surface area contributed by atoms with Gasteiger partial charge in [-0.3, -0.25) is 4.79 Å². The lowest BCUT2D eigenvalue weighted by Crippen LogP contribution is -2.50. The minimum absolute atomic E-state index is 0.0458. The van der Waals surface area contributed by atoms with Crippen LogP contribution in [0.15, 0.2) is 127 Å². The molecule has 0 fully saturated rings. The second-order valence-corrected chi connectivity index (χ2v) is 16.5. The molecule has 6 rings (SSSR count). The zero-order valence-corrected chi connectivity index (χ0v) is 39.0. The maximum Gasteiger partial charge on any atom is 0.329 e. The maximum absolute atomic E-state index is 14.6. The monoisotopic (exact) mass is 966 g/mol. The quantitative estimate of drug-likeness (QED) is 0.0135. The summed E-state index contributed by atoms with van der Waals surface area (Å²) in [4.78, 5) is 43.0. The Hall–Kier alpha value is -7.14. The highest BCUT2D eigenvalue weighted by molar-refractivity contribution is 5.87. The Balaban J connectivity index is 1.38. The third kappa shape index (κ3) is 13.8. The molecule has 0 unspecified atom stereocenters. The van der Waals surface area contributed by atoms with Gasteiger partial charge in [0.25, 0.3) is 0 Å². The molecule has 0 heterocycles. The molecule has 3 atom stereocenters. The van der Waals surface area contributed by atoms with Crippen molar-refractivity contribution in [2.75, 3.05) is 27.7 Å². The predicted molar refractivity (Wildman–Crippen MR) is 254 cm³/mol. The molecular weight excluding hydrogens is 912 g/mol. The zero-order valence-electron chi connectivity index (χ0n) is 39.0. The van der Waals surface area contributed by atoms with E-state index >= 15 is 0 Å². The van der Waals surface area contributed by atoms with E-state index in [1.807, 2.05) is 104 Å². The highest BCUT2D eigenvalue weighted by Gasteiger charge is 2.33. The number of carbonyl (C=O) groups excluding carboxylic acids is 3. The number of hydrogen-bond acceptors (Lipinski definition) is 10. The van der Waals surface area contributed by atoms with E-state index in [-0.39, 0.29) is 32.7 Å². The van der Waals surface area contributed by atoms with Gasteiger partial charge in [0.15, 0.2) is 0 Å². The van der Waals surface area contributed by atoms with E-state index in [1.165, 1.54) is 19.0 Å². The number of nitrogens with one attached hydrogen (secondary N) is 2. The first-order valence-corrected chi connectivity index (χ1v) is 22.7. The molecular formula is C54H55F5N4O7. The largest absolute Gasteiger partial charge is 0.489 e. The third-order valence-electron chi connectivity index (χ3n) is 11.6. The van der Waals surface area contributed by atoms with E-state index in [4.69, 9.17) is 24.7 Å². The number of rotatable bonds is 24. The fourth-order valence-corrected chi connectivity index (χ4v) is 7.57. The molecule has 6 aromatic rings. The summed E-state index contributed by atoms with van der Waals surface area (Å²) in [6.45, 7) is 0.992. The summed E-state index contributed by atoms with van der Waals surface area (Å²) < 4.78 is 94.6. The molecule has 1 amide bonds. The minimum Gasteiger partial charge on any atom is -0.489 e. The molecule has 0 radical (unpaired) electrons. The lowest BCUT2D eigenvalue weighted by molar-refractivity contribution is -0.155. The van der Waals surface area contributed by atoms with Crippen LogP contribution in [-0.4, -0.2) is 68.6 Å². The van der Waals surface area contributed by atoms with Crippen LogP contribution in [0.2, 0.25) is 0 Å². The molecule has 4 N–H and O–H groups in total. The standard InChI is InChI=1S/C54H55F5N4O7/c1-61-26-14-13-21-41(60)52(64)63(3)43(54(66)69-33-36-19-11-6-12-20-36)30-40-28-38(23-25-45(40)68-32-35-17-9-5-10-18-35)37-22-24-44(67-31-34-15-7-4-8-16-34)39(27-37)29-42(62-2)53(65)70-51-49(58)47(56)46(55)48(57)50(51)59/h4-12,15-20,22-25,27-28,41-43,61-62H,13-14,21,26,29-33,60H2,1-3H3/t41-,42-,43-/m0/s1. The van der Waals surface area contributed by atoms with Gasteiger partial charge in [0.1, 0.15) is 43.4 Å². The van der Waals surface area contributed by atoms with Crippen LogP contribution in [0.4, 0.5) is 22.0 Å². The number of nitrogens with zero attached hydrogens (tertiary/aromatic N) is 1. The fourth-order valence-electron chi connectivity index (χ4n) is 7.57. The van der Waals surface area contributed by atoms with Gasteiger partial charge in [-0.1, -0.05) is 110 Å². The predicted octanol–water partition coefficient (Wildman–Crippen LogP) is 8.77. The molecule has 368 valence electrons. The molecule has 0 saturated heterocycles. The first-order chi connectivity index (χ1) is 33.8. The molecule has 16 heteroatoms. The zero-order chi connectivity index (χ0) is 50.2. The Labute approximate surface area is 403 Å². The number of hydrogen-bond donors (Lipinski definition) is 3. The van der Waals surface area contributed by atoms with Crippen molar-refractivity contribution >= 4 is 17.8 Å². The molecule has 0 saturated carbocycles. The maximum atomic E-state index is 14.6. The summed E-state index contributed by atoms with van der Waals surface area (Å²) in [6, 6.07) is 34.9. The summed E-state index contributed by atoms with van der Waals surface area (Å²) in [6.07, 6.45) is 1.58. The van der Waals surface area contributed by atoms with Crippen molar-refractivity contribution in [3.8, 4) is 28.4 Å². The van der Waals surface area contributed by atoms with Crippen LogP contribution in [0.5, 0.6) is 17.2 Å². The Morgan fingerprint density at radius 1 is 0.600 bits per heavy atom. The van der Waals surface area contributed by atoms with Crippen LogP contribution in [0.1, 0.15) is 47.1 Å². The van der Waals surface area contributed by atoms with Crippen molar-refractivity contribution in [1.82, 2.24) is 15.5 Å². The van der Waals surface area contributed by atoms with Crippen LogP contribution in [0, 0.1) is 29.1 Å². The van der Waals surface area contributed by atoms with Crippen molar-refractivity contribution in [3.63, 3.8) is 0 Å². The van der Waals surface area contributed by atoms with Gasteiger partial charge < -0.3 is 40.2 Å². The number of carbonyl (C=O) groups is 3. The van der Waals surface area contributed by atoms with E-state index in [0.717, 1.165) is 29.7 Å². The average Bonchev–Trinajstić information content (AvgIpc) is 3.39. The Bertz CT molecular complexity index is 2670. The first-order valence-electron chi connectivity index (χ1n) is 22.7. The number of ether oxygens (including phenoxy) is 4. The van der Waals surface area contributed by atoms with E-state index in [9.17, 15) is 36.3 Å². The van der Waals surface area contributed by atoms with Crippen molar-refractivity contribution in [3.05, 3.63) is 184 Å². The van der Waals surface area contributed by atoms with Crippen LogP contribution in [0.3, 0.4) is 0 Å². The van der Waals surface area contributed by atoms with E-state index in [0.29, 0.717) is 46.6 Å². The number of benzene rings is 6. The van der Waals surface area contributed by atoms with E-state index < -0.39 is 70.8 Å².